The molecule has 23 heavy (non-hydrogen) atoms. The van der Waals surface area contributed by atoms with E-state index in [0.29, 0.717) is 24.2 Å². The highest BCUT2D eigenvalue weighted by atomic mass is 16.5. The fourth-order valence-electron chi connectivity index (χ4n) is 3.10. The van der Waals surface area contributed by atoms with Gasteiger partial charge in [-0.25, -0.2) is 5.10 Å². The van der Waals surface area contributed by atoms with Crippen LogP contribution >= 0.6 is 0 Å². The number of rotatable bonds is 4. The Labute approximate surface area is 134 Å². The summed E-state index contributed by atoms with van der Waals surface area (Å²) < 4.78 is 5.64. The first-order valence-electron chi connectivity index (χ1n) is 8.04. The third-order valence-electron chi connectivity index (χ3n) is 4.23. The van der Waals surface area contributed by atoms with Crippen LogP contribution in [0.15, 0.2) is 29.1 Å². The predicted molar refractivity (Wildman–Crippen MR) is 87.3 cm³/mol. The normalized spacial score (nSPS) is 18.3. The third-order valence-corrected chi connectivity index (χ3v) is 4.23. The van der Waals surface area contributed by atoms with Crippen molar-refractivity contribution < 1.29 is 9.53 Å². The summed E-state index contributed by atoms with van der Waals surface area (Å²) >= 11 is 0. The van der Waals surface area contributed by atoms with Crippen LogP contribution in [0.2, 0.25) is 0 Å². The van der Waals surface area contributed by atoms with E-state index in [1.807, 2.05) is 24.0 Å². The third kappa shape index (κ3) is 3.42. The second-order valence-corrected chi connectivity index (χ2v) is 5.78. The van der Waals surface area contributed by atoms with Gasteiger partial charge in [0.25, 0.3) is 5.56 Å². The molecule has 0 radical (unpaired) electrons. The van der Waals surface area contributed by atoms with Crippen LogP contribution in [0.4, 0.5) is 0 Å². The molecule has 0 saturated carbocycles. The number of nitrogens with zero attached hydrogens (tertiary/aromatic N) is 2. The number of fused-ring (bicyclic) bond motifs is 1. The minimum Gasteiger partial charge on any atom is -0.377 e. The quantitative estimate of drug-likeness (QED) is 0.927. The monoisotopic (exact) mass is 315 g/mol. The zero-order valence-corrected chi connectivity index (χ0v) is 13.2. The predicted octanol–water partition coefficient (Wildman–Crippen LogP) is 1.49. The number of amides is 1. The minimum absolute atomic E-state index is 0.0269. The lowest BCUT2D eigenvalue weighted by molar-refractivity contribution is -0.134. The van der Waals surface area contributed by atoms with Crippen LogP contribution in [-0.2, 0) is 16.0 Å². The van der Waals surface area contributed by atoms with E-state index in [-0.39, 0.29) is 24.0 Å². The van der Waals surface area contributed by atoms with E-state index in [1.165, 1.54) is 0 Å². The first kappa shape index (κ1) is 15.7. The standard InChI is InChI=1S/C17H21N3O3/c1-2-23-12-6-5-9-20(11-12)16(21)10-15-13-7-3-4-8-14(13)17(22)19-18-15/h3-4,7-8,12H,2,5-6,9-11H2,1H3,(H,19,22)/t12-/m0/s1. The molecule has 1 fully saturated rings. The van der Waals surface area contributed by atoms with Crippen molar-refractivity contribution in [1.29, 1.82) is 0 Å². The first-order valence-corrected chi connectivity index (χ1v) is 8.04. The summed E-state index contributed by atoms with van der Waals surface area (Å²) in [6.45, 7) is 4.02. The van der Waals surface area contributed by atoms with E-state index in [0.717, 1.165) is 24.8 Å². The molecule has 0 unspecified atom stereocenters. The summed E-state index contributed by atoms with van der Waals surface area (Å²) in [4.78, 5) is 26.2. The lowest BCUT2D eigenvalue weighted by atomic mass is 10.1. The van der Waals surface area contributed by atoms with Crippen molar-refractivity contribution in [3.8, 4) is 0 Å². The number of hydrogen-bond acceptors (Lipinski definition) is 4. The van der Waals surface area contributed by atoms with Gasteiger partial charge < -0.3 is 9.64 Å². The van der Waals surface area contributed by atoms with Crippen molar-refractivity contribution in [3.63, 3.8) is 0 Å². The molecule has 1 aliphatic heterocycles. The summed E-state index contributed by atoms with van der Waals surface area (Å²) in [5.41, 5.74) is 0.384. The maximum Gasteiger partial charge on any atom is 0.272 e. The molecule has 0 aliphatic carbocycles. The molecule has 1 aliphatic rings. The molecule has 1 atom stereocenters. The van der Waals surface area contributed by atoms with Crippen LogP contribution in [0.1, 0.15) is 25.5 Å². The minimum atomic E-state index is -0.230. The Morgan fingerprint density at radius 2 is 2.17 bits per heavy atom. The Kier molecular flexibility index (Phi) is 4.71. The van der Waals surface area contributed by atoms with Crippen LogP contribution in [0.25, 0.3) is 10.8 Å². The number of aromatic amines is 1. The summed E-state index contributed by atoms with van der Waals surface area (Å²) in [5, 5.41) is 7.86. The van der Waals surface area contributed by atoms with Crippen LogP contribution in [0.3, 0.4) is 0 Å². The highest BCUT2D eigenvalue weighted by Crippen LogP contribution is 2.17. The molecule has 0 bridgehead atoms. The maximum atomic E-state index is 12.6. The highest BCUT2D eigenvalue weighted by Gasteiger charge is 2.24. The summed E-state index contributed by atoms with van der Waals surface area (Å²) in [7, 11) is 0. The SMILES string of the molecule is CCO[C@H]1CCCN(C(=O)Cc2n[nH]c(=O)c3ccccc23)C1. The van der Waals surface area contributed by atoms with E-state index in [1.54, 1.807) is 12.1 Å². The van der Waals surface area contributed by atoms with E-state index in [2.05, 4.69) is 10.2 Å². The largest absolute Gasteiger partial charge is 0.377 e. The van der Waals surface area contributed by atoms with Gasteiger partial charge in [0.15, 0.2) is 0 Å². The van der Waals surface area contributed by atoms with Gasteiger partial charge in [0.1, 0.15) is 0 Å². The summed E-state index contributed by atoms with van der Waals surface area (Å²) in [6.07, 6.45) is 2.27. The van der Waals surface area contributed by atoms with Crippen LogP contribution in [-0.4, -0.2) is 46.8 Å². The van der Waals surface area contributed by atoms with Crippen molar-refractivity contribution in [3.05, 3.63) is 40.3 Å². The lowest BCUT2D eigenvalue weighted by Gasteiger charge is -2.32. The molecule has 3 rings (SSSR count). The number of carbonyl (C=O) groups excluding carboxylic acids is 1. The van der Waals surface area contributed by atoms with Gasteiger partial charge in [-0.2, -0.15) is 5.10 Å². The fourth-order valence-corrected chi connectivity index (χ4v) is 3.10. The van der Waals surface area contributed by atoms with Gasteiger partial charge in [0, 0.05) is 25.1 Å². The van der Waals surface area contributed by atoms with Gasteiger partial charge in [0.05, 0.1) is 23.6 Å². The highest BCUT2D eigenvalue weighted by molar-refractivity contribution is 5.88. The van der Waals surface area contributed by atoms with Gasteiger partial charge in [-0.3, -0.25) is 9.59 Å². The molecule has 122 valence electrons. The molecule has 6 heteroatoms. The lowest BCUT2D eigenvalue weighted by Crippen LogP contribution is -2.44. The van der Waals surface area contributed by atoms with Crippen molar-refractivity contribution in [2.24, 2.45) is 0 Å². The summed E-state index contributed by atoms with van der Waals surface area (Å²) in [5.74, 6) is 0.0269. The molecule has 1 amide bonds. The number of likely N-dealkylation sites (tertiary alicyclic amines) is 1. The second kappa shape index (κ2) is 6.91. The van der Waals surface area contributed by atoms with Crippen molar-refractivity contribution in [2.75, 3.05) is 19.7 Å². The van der Waals surface area contributed by atoms with E-state index >= 15 is 0 Å². The second-order valence-electron chi connectivity index (χ2n) is 5.78. The molecule has 2 aromatic rings. The number of nitrogens with one attached hydrogen (secondary N) is 1. The van der Waals surface area contributed by atoms with Crippen molar-refractivity contribution in [2.45, 2.75) is 32.3 Å². The molecule has 1 aromatic heterocycles. The zero-order valence-electron chi connectivity index (χ0n) is 13.2. The summed E-state index contributed by atoms with van der Waals surface area (Å²) in [6, 6.07) is 7.24. The molecule has 6 nitrogen and oxygen atoms in total. The Morgan fingerprint density at radius 1 is 1.39 bits per heavy atom. The number of hydrogen-bond donors (Lipinski definition) is 1. The topological polar surface area (TPSA) is 75.3 Å². The van der Waals surface area contributed by atoms with Crippen LogP contribution in [0, 0.1) is 0 Å². The van der Waals surface area contributed by atoms with Crippen LogP contribution < -0.4 is 5.56 Å². The Balaban J connectivity index is 1.78. The Bertz CT molecular complexity index is 754. The van der Waals surface area contributed by atoms with Gasteiger partial charge in [0.2, 0.25) is 5.91 Å². The fraction of sp³-hybridized carbons (Fsp3) is 0.471. The number of H-pyrrole nitrogens is 1. The van der Waals surface area contributed by atoms with Gasteiger partial charge in [-0.1, -0.05) is 18.2 Å². The average Bonchev–Trinajstić information content (AvgIpc) is 2.58. The first-order chi connectivity index (χ1) is 11.2. The van der Waals surface area contributed by atoms with Gasteiger partial charge in [-0.15, -0.1) is 0 Å². The smallest absolute Gasteiger partial charge is 0.272 e. The van der Waals surface area contributed by atoms with E-state index < -0.39 is 0 Å². The number of benzene rings is 1. The van der Waals surface area contributed by atoms with Gasteiger partial charge >= 0.3 is 0 Å². The zero-order chi connectivity index (χ0) is 16.2. The maximum absolute atomic E-state index is 12.6. The molecular weight excluding hydrogens is 294 g/mol. The molecular formula is C17H21N3O3. The average molecular weight is 315 g/mol. The Hall–Kier alpha value is -2.21. The molecule has 1 N–H and O–H groups in total. The molecule has 1 aromatic carbocycles. The molecule has 0 spiro atoms. The Morgan fingerprint density at radius 3 is 2.96 bits per heavy atom. The van der Waals surface area contributed by atoms with Crippen molar-refractivity contribution in [1.82, 2.24) is 15.1 Å². The number of aromatic nitrogens is 2. The number of ether oxygens (including phenoxy) is 1. The molecule has 1 saturated heterocycles. The van der Waals surface area contributed by atoms with Crippen LogP contribution in [0.5, 0.6) is 0 Å². The van der Waals surface area contributed by atoms with E-state index in [4.69, 9.17) is 4.74 Å². The number of piperidine rings is 1. The van der Waals surface area contributed by atoms with E-state index in [9.17, 15) is 9.59 Å². The molecule has 2 heterocycles. The van der Waals surface area contributed by atoms with Crippen molar-refractivity contribution >= 4 is 16.7 Å². The number of carbonyl (C=O) groups is 1. The van der Waals surface area contributed by atoms with Gasteiger partial charge in [-0.05, 0) is 25.8 Å².